The molecular formula is C69H123N2O6P. The van der Waals surface area contributed by atoms with Crippen molar-refractivity contribution in [1.29, 1.82) is 0 Å². The van der Waals surface area contributed by atoms with Gasteiger partial charge in [0.2, 0.25) is 5.91 Å². The SMILES string of the molecule is CC/C=C\C/C=C\C/C=C\C/C=C\C/C=C\C/C=C\C/C=C\CCCCCC(=O)NC(COP(=O)([O-])OCC[N+](C)(C)C)C(O)/C=C/CC/C=C/CCCCCCCCCCCCCCCCCCCCCCCCCCC. The summed E-state index contributed by atoms with van der Waals surface area (Å²) in [7, 11) is 1.21. The number of likely N-dealkylation sites (N-methyl/N-ethyl adjacent to an activating group) is 1. The molecule has 3 atom stereocenters. The van der Waals surface area contributed by atoms with E-state index in [2.05, 4.69) is 116 Å². The molecule has 0 spiro atoms. The number of hydrogen-bond acceptors (Lipinski definition) is 6. The third-order valence-corrected chi connectivity index (χ3v) is 14.9. The maximum atomic E-state index is 13.0. The fourth-order valence-corrected chi connectivity index (χ4v) is 9.70. The van der Waals surface area contributed by atoms with Crippen molar-refractivity contribution in [1.82, 2.24) is 5.32 Å². The molecule has 0 fully saturated rings. The lowest BCUT2D eigenvalue weighted by Gasteiger charge is -2.29. The highest BCUT2D eigenvalue weighted by Crippen LogP contribution is 2.38. The van der Waals surface area contributed by atoms with Gasteiger partial charge in [-0.3, -0.25) is 9.36 Å². The van der Waals surface area contributed by atoms with Crippen LogP contribution in [-0.2, 0) is 18.4 Å². The summed E-state index contributed by atoms with van der Waals surface area (Å²) in [6.07, 6.45) is 86.3. The Labute approximate surface area is 482 Å². The fourth-order valence-electron chi connectivity index (χ4n) is 8.97. The average molecular weight is 1110 g/mol. The second-order valence-corrected chi connectivity index (χ2v) is 24.1. The smallest absolute Gasteiger partial charge is 0.268 e. The Morgan fingerprint density at radius 2 is 0.795 bits per heavy atom. The molecule has 0 saturated heterocycles. The molecule has 0 aromatic carbocycles. The number of nitrogens with one attached hydrogen (secondary N) is 1. The highest BCUT2D eigenvalue weighted by atomic mass is 31.2. The van der Waals surface area contributed by atoms with Crippen LogP contribution in [0.4, 0.5) is 0 Å². The van der Waals surface area contributed by atoms with Gasteiger partial charge in [0.25, 0.3) is 7.82 Å². The molecular weight excluding hydrogens is 984 g/mol. The largest absolute Gasteiger partial charge is 0.756 e. The number of unbranched alkanes of at least 4 members (excludes halogenated alkanes) is 29. The van der Waals surface area contributed by atoms with Gasteiger partial charge in [0, 0.05) is 6.42 Å². The topological polar surface area (TPSA) is 108 Å². The van der Waals surface area contributed by atoms with Gasteiger partial charge in [-0.25, -0.2) is 0 Å². The van der Waals surface area contributed by atoms with Crippen LogP contribution in [-0.4, -0.2) is 68.5 Å². The van der Waals surface area contributed by atoms with Gasteiger partial charge in [0.1, 0.15) is 13.2 Å². The van der Waals surface area contributed by atoms with E-state index in [0.717, 1.165) is 83.5 Å². The molecule has 78 heavy (non-hydrogen) atoms. The number of hydrogen-bond donors (Lipinski definition) is 2. The van der Waals surface area contributed by atoms with Crippen LogP contribution < -0.4 is 10.2 Å². The molecule has 0 heterocycles. The van der Waals surface area contributed by atoms with Crippen LogP contribution >= 0.6 is 7.82 Å². The monoisotopic (exact) mass is 1110 g/mol. The van der Waals surface area contributed by atoms with E-state index in [1.54, 1.807) is 6.08 Å². The number of amides is 1. The van der Waals surface area contributed by atoms with Gasteiger partial charge in [-0.2, -0.15) is 0 Å². The molecule has 450 valence electrons. The number of phosphoric acid groups is 1. The minimum absolute atomic E-state index is 0.0192. The van der Waals surface area contributed by atoms with Gasteiger partial charge in [-0.1, -0.05) is 284 Å². The lowest BCUT2D eigenvalue weighted by molar-refractivity contribution is -0.870. The molecule has 0 aliphatic rings. The molecule has 0 aromatic heterocycles. The van der Waals surface area contributed by atoms with Crippen molar-refractivity contribution in [2.75, 3.05) is 40.9 Å². The van der Waals surface area contributed by atoms with E-state index in [-0.39, 0.29) is 18.9 Å². The van der Waals surface area contributed by atoms with Crippen LogP contribution in [0.25, 0.3) is 0 Å². The quantitative estimate of drug-likeness (QED) is 0.0272. The number of carbonyl (C=O) groups is 1. The van der Waals surface area contributed by atoms with Gasteiger partial charge in [-0.05, 0) is 89.9 Å². The first-order valence-electron chi connectivity index (χ1n) is 32.2. The van der Waals surface area contributed by atoms with Crippen LogP contribution in [0.2, 0.25) is 0 Å². The van der Waals surface area contributed by atoms with Gasteiger partial charge >= 0.3 is 0 Å². The maximum Gasteiger partial charge on any atom is 0.268 e. The number of phosphoric ester groups is 1. The van der Waals surface area contributed by atoms with Crippen molar-refractivity contribution in [2.45, 2.75) is 283 Å². The number of nitrogens with zero attached hydrogens (tertiary/aromatic N) is 1. The molecule has 0 aliphatic carbocycles. The summed E-state index contributed by atoms with van der Waals surface area (Å²) in [4.78, 5) is 25.5. The van der Waals surface area contributed by atoms with E-state index in [4.69, 9.17) is 9.05 Å². The molecule has 0 rings (SSSR count). The zero-order valence-corrected chi connectivity index (χ0v) is 52.2. The Morgan fingerprint density at radius 1 is 0.462 bits per heavy atom. The second-order valence-electron chi connectivity index (χ2n) is 22.7. The summed E-state index contributed by atoms with van der Waals surface area (Å²) in [6, 6.07) is -0.931. The van der Waals surface area contributed by atoms with E-state index >= 15 is 0 Å². The van der Waals surface area contributed by atoms with Crippen LogP contribution in [0, 0.1) is 0 Å². The number of allylic oxidation sites excluding steroid dienone is 17. The summed E-state index contributed by atoms with van der Waals surface area (Å²) in [5, 5.41) is 13.9. The summed E-state index contributed by atoms with van der Waals surface area (Å²) < 4.78 is 23.4. The van der Waals surface area contributed by atoms with E-state index < -0.39 is 26.6 Å². The van der Waals surface area contributed by atoms with Crippen molar-refractivity contribution in [3.8, 4) is 0 Å². The van der Waals surface area contributed by atoms with Crippen LogP contribution in [0.15, 0.2) is 109 Å². The van der Waals surface area contributed by atoms with Crippen LogP contribution in [0.1, 0.15) is 271 Å². The number of carbonyl (C=O) groups excluding carboxylic acids is 1. The lowest BCUT2D eigenvalue weighted by Crippen LogP contribution is -2.45. The first-order valence-corrected chi connectivity index (χ1v) is 33.7. The molecule has 0 aliphatic heterocycles. The second kappa shape index (κ2) is 58.8. The van der Waals surface area contributed by atoms with Crippen LogP contribution in [0.3, 0.4) is 0 Å². The number of aliphatic hydroxyl groups is 1. The molecule has 0 aromatic rings. The van der Waals surface area contributed by atoms with Crippen molar-refractivity contribution in [2.24, 2.45) is 0 Å². The predicted molar refractivity (Wildman–Crippen MR) is 339 cm³/mol. The van der Waals surface area contributed by atoms with E-state index in [9.17, 15) is 19.4 Å². The Kier molecular flexibility index (Phi) is 56.7. The molecule has 9 heteroatoms. The summed E-state index contributed by atoms with van der Waals surface area (Å²) in [5.74, 6) is -0.241. The Balaban J connectivity index is 4.25. The van der Waals surface area contributed by atoms with Crippen molar-refractivity contribution in [3.05, 3.63) is 109 Å². The molecule has 8 nitrogen and oxygen atoms in total. The lowest BCUT2D eigenvalue weighted by atomic mass is 10.0. The zero-order valence-electron chi connectivity index (χ0n) is 51.3. The minimum atomic E-state index is -4.63. The van der Waals surface area contributed by atoms with E-state index in [1.807, 2.05) is 27.2 Å². The maximum absolute atomic E-state index is 13.0. The minimum Gasteiger partial charge on any atom is -0.756 e. The molecule has 1 amide bonds. The summed E-state index contributed by atoms with van der Waals surface area (Å²) in [6.45, 7) is 4.50. The van der Waals surface area contributed by atoms with Gasteiger partial charge in [0.15, 0.2) is 0 Å². The molecule has 2 N–H and O–H groups in total. The molecule has 0 saturated carbocycles. The standard InChI is InChI=1S/C69H123N2O6P/c1-6-8-10-12-14-16-18-20-22-24-26-28-30-32-33-34-35-36-37-39-40-42-44-46-48-50-52-54-56-58-60-62-68(72)67(66-77-78(74,75)76-65-64-71(3,4)5)70-69(73)63-61-59-57-55-53-51-49-47-45-43-41-38-31-29-27-25-23-21-19-17-15-13-11-9-7-2/h9,11,15,17,21,23,27,29,38,41,45,47,51-54,60,62,67-68,72H,6-8,10,12-14,16,18-20,22,24-26,28,30-37,39-40,42-44,46,48-50,55-59,61,63-66H2,1-5H3,(H-,70,73,74,75)/b11-9-,17-15-,23-21-,29-27-,41-38-,47-45-,53-51-,54-52+,62-60+. The third-order valence-electron chi connectivity index (χ3n) is 14.0. The number of quaternary nitrogens is 1. The molecule has 0 radical (unpaired) electrons. The highest BCUT2D eigenvalue weighted by Gasteiger charge is 2.23. The van der Waals surface area contributed by atoms with Crippen molar-refractivity contribution in [3.63, 3.8) is 0 Å². The highest BCUT2D eigenvalue weighted by molar-refractivity contribution is 7.45. The average Bonchev–Trinajstić information content (AvgIpc) is 3.41. The summed E-state index contributed by atoms with van der Waals surface area (Å²) in [5.41, 5.74) is 0. The Bertz CT molecular complexity index is 1640. The summed E-state index contributed by atoms with van der Waals surface area (Å²) >= 11 is 0. The zero-order chi connectivity index (χ0) is 57.0. The van der Waals surface area contributed by atoms with Gasteiger partial charge in [-0.15, -0.1) is 0 Å². The van der Waals surface area contributed by atoms with Crippen molar-refractivity contribution < 1.29 is 32.9 Å². The fraction of sp³-hybridized carbons (Fsp3) is 0.725. The predicted octanol–water partition coefficient (Wildman–Crippen LogP) is 19.7. The van der Waals surface area contributed by atoms with Crippen LogP contribution in [0.5, 0.6) is 0 Å². The number of rotatable bonds is 58. The Hall–Kier alpha value is -2.84. The third kappa shape index (κ3) is 60.8. The normalized spacial score (nSPS) is 14.5. The van der Waals surface area contributed by atoms with Gasteiger partial charge in [0.05, 0.1) is 39.9 Å². The first-order chi connectivity index (χ1) is 38.0. The van der Waals surface area contributed by atoms with Crippen molar-refractivity contribution >= 4 is 13.7 Å². The first kappa shape index (κ1) is 75.2. The number of aliphatic hydroxyl groups excluding tert-OH is 1. The molecule has 3 unspecified atom stereocenters. The van der Waals surface area contributed by atoms with E-state index in [0.29, 0.717) is 17.4 Å². The van der Waals surface area contributed by atoms with Gasteiger partial charge < -0.3 is 28.8 Å². The Morgan fingerprint density at radius 3 is 1.19 bits per heavy atom. The van der Waals surface area contributed by atoms with E-state index in [1.165, 1.54) is 161 Å². The molecule has 0 bridgehead atoms.